The van der Waals surface area contributed by atoms with E-state index in [0.717, 1.165) is 17.5 Å². The Kier molecular flexibility index (Phi) is 5.09. The smallest absolute Gasteiger partial charge is 0.179 e. The Balaban J connectivity index is 2.31. The molecule has 0 saturated carbocycles. The molecular weight excluding hydrogens is 290 g/mol. The number of hydrogen-bond donors (Lipinski definition) is 1. The van der Waals surface area contributed by atoms with E-state index in [4.69, 9.17) is 21.1 Å². The Morgan fingerprint density at radius 3 is 2.62 bits per heavy atom. The summed E-state index contributed by atoms with van der Waals surface area (Å²) in [5.41, 5.74) is 2.20. The average molecular weight is 310 g/mol. The lowest BCUT2D eigenvalue weighted by molar-refractivity contribution is 0.354. The van der Waals surface area contributed by atoms with Gasteiger partial charge in [0.25, 0.3) is 0 Å². The topological polar surface area (TPSA) is 48.3 Å². The fraction of sp³-hybridized carbons (Fsp3) is 0.400. The van der Waals surface area contributed by atoms with Gasteiger partial charge in [0, 0.05) is 19.3 Å². The zero-order valence-electron chi connectivity index (χ0n) is 12.7. The summed E-state index contributed by atoms with van der Waals surface area (Å²) >= 11 is 6.27. The first-order valence-corrected chi connectivity index (χ1v) is 7.03. The number of benzene rings is 1. The molecule has 2 aromatic rings. The van der Waals surface area contributed by atoms with Crippen LogP contribution in [-0.2, 0) is 13.5 Å². The van der Waals surface area contributed by atoms with Crippen molar-refractivity contribution >= 4 is 11.6 Å². The van der Waals surface area contributed by atoms with E-state index in [0.29, 0.717) is 16.5 Å². The maximum Gasteiger partial charge on any atom is 0.179 e. The number of aromatic nitrogens is 2. The number of nitrogens with zero attached hydrogens (tertiary/aromatic N) is 2. The highest BCUT2D eigenvalue weighted by atomic mass is 35.5. The third-order valence-corrected chi connectivity index (χ3v) is 3.69. The van der Waals surface area contributed by atoms with Crippen molar-refractivity contribution in [2.24, 2.45) is 7.05 Å². The van der Waals surface area contributed by atoms with E-state index in [1.54, 1.807) is 18.9 Å². The van der Waals surface area contributed by atoms with Crippen molar-refractivity contribution < 1.29 is 9.47 Å². The minimum Gasteiger partial charge on any atom is -0.493 e. The predicted molar refractivity (Wildman–Crippen MR) is 83.3 cm³/mol. The lowest BCUT2D eigenvalue weighted by Gasteiger charge is -2.19. The standard InChI is InChI=1S/C15H20ClN3O2/c1-17-13(5-10-8-18-19(2)9-10)11-6-12(16)15(21-4)14(7-11)20-3/h6-9,13,17H,5H2,1-4H3. The molecule has 0 radical (unpaired) electrons. The van der Waals surface area contributed by atoms with Gasteiger partial charge in [-0.3, -0.25) is 4.68 Å². The Morgan fingerprint density at radius 1 is 1.33 bits per heavy atom. The summed E-state index contributed by atoms with van der Waals surface area (Å²) < 4.78 is 12.4. The molecule has 0 saturated heterocycles. The molecule has 1 atom stereocenters. The molecule has 114 valence electrons. The van der Waals surface area contributed by atoms with Gasteiger partial charge in [0.1, 0.15) is 0 Å². The molecule has 6 heteroatoms. The van der Waals surface area contributed by atoms with Crippen LogP contribution in [-0.4, -0.2) is 31.0 Å². The van der Waals surface area contributed by atoms with Crippen LogP contribution < -0.4 is 14.8 Å². The number of aryl methyl sites for hydroxylation is 1. The molecule has 1 aromatic heterocycles. The van der Waals surface area contributed by atoms with Gasteiger partial charge < -0.3 is 14.8 Å². The third-order valence-electron chi connectivity index (χ3n) is 3.40. The number of methoxy groups -OCH3 is 2. The van der Waals surface area contributed by atoms with E-state index in [9.17, 15) is 0 Å². The van der Waals surface area contributed by atoms with Gasteiger partial charge in [-0.15, -0.1) is 0 Å². The summed E-state index contributed by atoms with van der Waals surface area (Å²) in [4.78, 5) is 0. The highest BCUT2D eigenvalue weighted by Crippen LogP contribution is 2.38. The molecule has 1 unspecified atom stereocenters. The quantitative estimate of drug-likeness (QED) is 0.891. The Hall–Kier alpha value is -1.72. The van der Waals surface area contributed by atoms with Crippen LogP contribution >= 0.6 is 11.6 Å². The maximum absolute atomic E-state index is 6.27. The number of likely N-dealkylation sites (N-methyl/N-ethyl adjacent to an activating group) is 1. The van der Waals surface area contributed by atoms with Crippen LogP contribution in [0.4, 0.5) is 0 Å². The predicted octanol–water partition coefficient (Wildman–Crippen LogP) is 2.59. The zero-order valence-corrected chi connectivity index (χ0v) is 13.4. The fourth-order valence-corrected chi connectivity index (χ4v) is 2.63. The first-order chi connectivity index (χ1) is 10.1. The summed E-state index contributed by atoms with van der Waals surface area (Å²) in [6, 6.07) is 3.97. The van der Waals surface area contributed by atoms with Gasteiger partial charge in [-0.05, 0) is 36.7 Å². The second kappa shape index (κ2) is 6.83. The van der Waals surface area contributed by atoms with Crippen molar-refractivity contribution in [3.8, 4) is 11.5 Å². The van der Waals surface area contributed by atoms with Gasteiger partial charge in [-0.25, -0.2) is 0 Å². The largest absolute Gasteiger partial charge is 0.493 e. The molecule has 0 amide bonds. The van der Waals surface area contributed by atoms with Gasteiger partial charge in [0.05, 0.1) is 25.4 Å². The van der Waals surface area contributed by atoms with Crippen molar-refractivity contribution in [1.82, 2.24) is 15.1 Å². The first kappa shape index (κ1) is 15.7. The number of ether oxygens (including phenoxy) is 2. The summed E-state index contributed by atoms with van der Waals surface area (Å²) in [5.74, 6) is 1.19. The second-order valence-corrected chi connectivity index (χ2v) is 5.21. The van der Waals surface area contributed by atoms with Gasteiger partial charge >= 0.3 is 0 Å². The summed E-state index contributed by atoms with van der Waals surface area (Å²) in [6.07, 6.45) is 4.69. The first-order valence-electron chi connectivity index (χ1n) is 6.65. The number of rotatable bonds is 6. The van der Waals surface area contributed by atoms with E-state index >= 15 is 0 Å². The summed E-state index contributed by atoms with van der Waals surface area (Å²) in [5, 5.41) is 8.03. The highest BCUT2D eigenvalue weighted by Gasteiger charge is 2.17. The Labute approximate surface area is 129 Å². The minimum absolute atomic E-state index is 0.117. The maximum atomic E-state index is 6.27. The van der Waals surface area contributed by atoms with Crippen LogP contribution in [0.15, 0.2) is 24.5 Å². The van der Waals surface area contributed by atoms with Crippen molar-refractivity contribution in [2.45, 2.75) is 12.5 Å². The molecule has 2 rings (SSSR count). The molecule has 1 N–H and O–H groups in total. The van der Waals surface area contributed by atoms with E-state index in [-0.39, 0.29) is 6.04 Å². The number of hydrogen-bond acceptors (Lipinski definition) is 4. The molecule has 0 bridgehead atoms. The van der Waals surface area contributed by atoms with E-state index < -0.39 is 0 Å². The molecule has 1 aromatic carbocycles. The van der Waals surface area contributed by atoms with E-state index in [2.05, 4.69) is 10.4 Å². The SMILES string of the molecule is CNC(Cc1cnn(C)c1)c1cc(Cl)c(OC)c(OC)c1. The Morgan fingerprint density at radius 2 is 2.10 bits per heavy atom. The zero-order chi connectivity index (χ0) is 15.4. The minimum atomic E-state index is 0.117. The van der Waals surface area contributed by atoms with Gasteiger partial charge in [-0.2, -0.15) is 5.10 Å². The van der Waals surface area contributed by atoms with Crippen LogP contribution in [0.3, 0.4) is 0 Å². The van der Waals surface area contributed by atoms with Gasteiger partial charge in [0.15, 0.2) is 11.5 Å². The average Bonchev–Trinajstić information content (AvgIpc) is 2.89. The molecule has 0 fully saturated rings. The van der Waals surface area contributed by atoms with Crippen LogP contribution in [0.2, 0.25) is 5.02 Å². The van der Waals surface area contributed by atoms with Gasteiger partial charge in [0.2, 0.25) is 0 Å². The van der Waals surface area contributed by atoms with E-state index in [1.165, 1.54) is 0 Å². The Bertz CT molecular complexity index is 613. The molecule has 0 aliphatic heterocycles. The van der Waals surface area contributed by atoms with Crippen molar-refractivity contribution in [2.75, 3.05) is 21.3 Å². The third kappa shape index (κ3) is 3.49. The van der Waals surface area contributed by atoms with Crippen molar-refractivity contribution in [3.63, 3.8) is 0 Å². The van der Waals surface area contributed by atoms with Crippen LogP contribution in [0, 0.1) is 0 Å². The fourth-order valence-electron chi connectivity index (χ4n) is 2.34. The lowest BCUT2D eigenvalue weighted by atomic mass is 10.0. The molecule has 0 aliphatic rings. The second-order valence-electron chi connectivity index (χ2n) is 4.81. The van der Waals surface area contributed by atoms with Gasteiger partial charge in [-0.1, -0.05) is 11.6 Å². The summed E-state index contributed by atoms with van der Waals surface area (Å²) in [6.45, 7) is 0. The highest BCUT2D eigenvalue weighted by molar-refractivity contribution is 6.32. The molecule has 0 spiro atoms. The monoisotopic (exact) mass is 309 g/mol. The molecule has 5 nitrogen and oxygen atoms in total. The van der Waals surface area contributed by atoms with Crippen LogP contribution in [0.5, 0.6) is 11.5 Å². The summed E-state index contributed by atoms with van der Waals surface area (Å²) in [7, 11) is 7.01. The lowest BCUT2D eigenvalue weighted by Crippen LogP contribution is -2.19. The van der Waals surface area contributed by atoms with Crippen molar-refractivity contribution in [3.05, 3.63) is 40.7 Å². The molecule has 21 heavy (non-hydrogen) atoms. The number of nitrogens with one attached hydrogen (secondary N) is 1. The number of halogens is 1. The molecule has 1 heterocycles. The van der Waals surface area contributed by atoms with Crippen molar-refractivity contribution in [1.29, 1.82) is 0 Å². The molecular formula is C15H20ClN3O2. The molecule has 0 aliphatic carbocycles. The van der Waals surface area contributed by atoms with Crippen LogP contribution in [0.25, 0.3) is 0 Å². The van der Waals surface area contributed by atoms with E-state index in [1.807, 2.05) is 38.6 Å². The normalized spacial score (nSPS) is 12.2. The van der Waals surface area contributed by atoms with Crippen LogP contribution in [0.1, 0.15) is 17.2 Å².